The number of esters is 3. The van der Waals surface area contributed by atoms with Crippen molar-refractivity contribution in [2.75, 3.05) is 6.61 Å². The predicted octanol–water partition coefficient (Wildman–Crippen LogP) is 9.90. The third kappa shape index (κ3) is 8.09. The molecule has 0 radical (unpaired) electrons. The van der Waals surface area contributed by atoms with E-state index in [4.69, 9.17) is 14.2 Å². The van der Waals surface area contributed by atoms with Crippen molar-refractivity contribution in [1.82, 2.24) is 0 Å². The van der Waals surface area contributed by atoms with Crippen molar-refractivity contribution in [1.29, 1.82) is 0 Å². The van der Waals surface area contributed by atoms with Crippen LogP contribution in [0.25, 0.3) is 21.5 Å². The van der Waals surface area contributed by atoms with Crippen molar-refractivity contribution in [3.05, 3.63) is 90.0 Å². The Morgan fingerprint density at radius 3 is 1.88 bits per heavy atom. The van der Waals surface area contributed by atoms with Gasteiger partial charge in [0.25, 0.3) is 0 Å². The summed E-state index contributed by atoms with van der Waals surface area (Å²) in [5, 5.41) is 3.72. The van der Waals surface area contributed by atoms with Gasteiger partial charge in [-0.25, -0.2) is 0 Å². The molecule has 2 aliphatic rings. The zero-order valence-corrected chi connectivity index (χ0v) is 31.6. The lowest BCUT2D eigenvalue weighted by Gasteiger charge is -2.39. The number of carbonyl (C=O) groups is 4. The quantitative estimate of drug-likeness (QED) is 0.0777. The van der Waals surface area contributed by atoms with E-state index < -0.39 is 22.2 Å². The van der Waals surface area contributed by atoms with Crippen LogP contribution in [-0.4, -0.2) is 36.4 Å². The zero-order chi connectivity index (χ0) is 37.4. The van der Waals surface area contributed by atoms with E-state index in [0.29, 0.717) is 28.7 Å². The number of hydrogen-bond donors (Lipinski definition) is 0. The maximum Gasteiger partial charge on any atom is 0.316 e. The highest BCUT2D eigenvalue weighted by Gasteiger charge is 2.51. The van der Waals surface area contributed by atoms with E-state index >= 15 is 0 Å². The standard InChI is InChI=1S/C45H52O7/c1-28(2)25-50-40(47)43(3,4)26-45(7,42(49)52-38-21-29-12-13-33(38)20-29)27-44(5,6)41(48)51-37-19-18-31-15-17-35(23-36(31)24-37)39(46)34-16-14-30-10-8-9-11-32(30)22-34/h8-11,14-19,22-24,28-29,33,38H,12-13,20-21,25-27H2,1-7H3. The molecule has 52 heavy (non-hydrogen) atoms. The van der Waals surface area contributed by atoms with Gasteiger partial charge in [0.15, 0.2) is 5.78 Å². The Labute approximate surface area is 307 Å². The molecule has 4 aromatic rings. The van der Waals surface area contributed by atoms with Gasteiger partial charge >= 0.3 is 17.9 Å². The van der Waals surface area contributed by atoms with E-state index in [1.165, 1.54) is 6.42 Å². The lowest BCUT2D eigenvalue weighted by molar-refractivity contribution is -0.172. The van der Waals surface area contributed by atoms with Gasteiger partial charge in [-0.1, -0.05) is 68.4 Å². The van der Waals surface area contributed by atoms with Gasteiger partial charge < -0.3 is 14.2 Å². The molecule has 0 saturated heterocycles. The summed E-state index contributed by atoms with van der Waals surface area (Å²) >= 11 is 0. The summed E-state index contributed by atoms with van der Waals surface area (Å²) in [4.78, 5) is 54.9. The molecule has 2 bridgehead atoms. The first-order chi connectivity index (χ1) is 24.5. The molecule has 0 aromatic heterocycles. The van der Waals surface area contributed by atoms with Crippen molar-refractivity contribution in [2.45, 2.75) is 93.1 Å². The SMILES string of the molecule is CC(C)COC(=O)C(C)(C)CC(C)(CC(C)(C)C(=O)Oc1ccc2ccc(C(=O)c3ccc4ccccc4c3)cc2c1)C(=O)OC1CC2CCC1C2. The summed E-state index contributed by atoms with van der Waals surface area (Å²) in [5.41, 5.74) is -2.17. The minimum Gasteiger partial charge on any atom is -0.465 e. The van der Waals surface area contributed by atoms with Gasteiger partial charge in [0.2, 0.25) is 0 Å². The molecule has 0 heterocycles. The predicted molar refractivity (Wildman–Crippen MR) is 203 cm³/mol. The molecule has 2 fully saturated rings. The molecule has 7 nitrogen and oxygen atoms in total. The maximum atomic E-state index is 14.2. The van der Waals surface area contributed by atoms with Crippen LogP contribution >= 0.6 is 0 Å². The van der Waals surface area contributed by atoms with Crippen molar-refractivity contribution in [2.24, 2.45) is 34.0 Å². The van der Waals surface area contributed by atoms with E-state index in [9.17, 15) is 19.2 Å². The number of ketones is 1. The van der Waals surface area contributed by atoms with Crippen LogP contribution in [0, 0.1) is 34.0 Å². The smallest absolute Gasteiger partial charge is 0.316 e. The Bertz CT molecular complexity index is 2010. The Morgan fingerprint density at radius 1 is 0.673 bits per heavy atom. The Kier molecular flexibility index (Phi) is 10.4. The van der Waals surface area contributed by atoms with Gasteiger partial charge in [-0.3, -0.25) is 19.2 Å². The minimum atomic E-state index is -1.17. The summed E-state index contributed by atoms with van der Waals surface area (Å²) in [6, 6.07) is 24.5. The van der Waals surface area contributed by atoms with Gasteiger partial charge in [0.05, 0.1) is 22.9 Å². The number of carbonyl (C=O) groups excluding carboxylic acids is 4. The monoisotopic (exact) mass is 704 g/mol. The number of ether oxygens (including phenoxy) is 3. The number of hydrogen-bond acceptors (Lipinski definition) is 7. The largest absolute Gasteiger partial charge is 0.465 e. The highest BCUT2D eigenvalue weighted by Crippen LogP contribution is 2.49. The maximum absolute atomic E-state index is 14.2. The molecule has 0 N–H and O–H groups in total. The van der Waals surface area contributed by atoms with Crippen LogP contribution in [0.1, 0.15) is 103 Å². The van der Waals surface area contributed by atoms with Crippen LogP contribution in [0.3, 0.4) is 0 Å². The van der Waals surface area contributed by atoms with Gasteiger partial charge in [-0.15, -0.1) is 0 Å². The Balaban J connectivity index is 1.20. The average Bonchev–Trinajstić information content (AvgIpc) is 3.73. The van der Waals surface area contributed by atoms with Crippen molar-refractivity contribution in [3.63, 3.8) is 0 Å². The first-order valence-corrected chi connectivity index (χ1v) is 18.7. The molecule has 4 atom stereocenters. The van der Waals surface area contributed by atoms with Crippen LogP contribution in [0.2, 0.25) is 0 Å². The molecule has 0 spiro atoms. The second-order valence-corrected chi connectivity index (χ2v) is 17.3. The summed E-state index contributed by atoms with van der Waals surface area (Å²) in [6.07, 6.45) is 4.33. The lowest BCUT2D eigenvalue weighted by Crippen LogP contribution is -2.45. The van der Waals surface area contributed by atoms with E-state index in [2.05, 4.69) is 0 Å². The molecule has 274 valence electrons. The molecule has 4 aromatic carbocycles. The number of fused-ring (bicyclic) bond motifs is 4. The van der Waals surface area contributed by atoms with Gasteiger partial charge in [0, 0.05) is 11.1 Å². The average molecular weight is 705 g/mol. The van der Waals surface area contributed by atoms with Crippen LogP contribution in [0.5, 0.6) is 5.75 Å². The van der Waals surface area contributed by atoms with Gasteiger partial charge in [-0.05, 0) is 137 Å². The molecule has 0 amide bonds. The van der Waals surface area contributed by atoms with Crippen LogP contribution in [-0.2, 0) is 23.9 Å². The van der Waals surface area contributed by atoms with E-state index in [0.717, 1.165) is 40.8 Å². The van der Waals surface area contributed by atoms with Crippen LogP contribution in [0.15, 0.2) is 78.9 Å². The van der Waals surface area contributed by atoms with E-state index in [1.54, 1.807) is 46.8 Å². The zero-order valence-electron chi connectivity index (χ0n) is 31.6. The molecular formula is C45H52O7. The third-order valence-electron chi connectivity index (χ3n) is 11.0. The van der Waals surface area contributed by atoms with Crippen molar-refractivity contribution < 1.29 is 33.4 Å². The lowest BCUT2D eigenvalue weighted by atomic mass is 9.66. The number of benzene rings is 4. The minimum absolute atomic E-state index is 0.0937. The number of rotatable bonds is 13. The highest BCUT2D eigenvalue weighted by molar-refractivity contribution is 6.12. The molecule has 7 heteroatoms. The highest BCUT2D eigenvalue weighted by atomic mass is 16.6. The van der Waals surface area contributed by atoms with E-state index in [-0.39, 0.29) is 49.2 Å². The third-order valence-corrected chi connectivity index (χ3v) is 11.0. The Hall–Kier alpha value is -4.52. The van der Waals surface area contributed by atoms with Crippen LogP contribution in [0.4, 0.5) is 0 Å². The fourth-order valence-electron chi connectivity index (χ4n) is 8.52. The van der Waals surface area contributed by atoms with Crippen molar-refractivity contribution in [3.8, 4) is 5.75 Å². The van der Waals surface area contributed by atoms with Crippen LogP contribution < -0.4 is 4.74 Å². The summed E-state index contributed by atoms with van der Waals surface area (Å²) < 4.78 is 17.9. The molecule has 2 saturated carbocycles. The summed E-state index contributed by atoms with van der Waals surface area (Å²) in [6.45, 7) is 13.2. The summed E-state index contributed by atoms with van der Waals surface area (Å²) in [7, 11) is 0. The Morgan fingerprint density at radius 2 is 1.27 bits per heavy atom. The fraction of sp³-hybridized carbons (Fsp3) is 0.467. The normalized spacial score (nSPS) is 19.8. The second-order valence-electron chi connectivity index (χ2n) is 17.3. The first-order valence-electron chi connectivity index (χ1n) is 18.7. The molecular weight excluding hydrogens is 652 g/mol. The fourth-order valence-corrected chi connectivity index (χ4v) is 8.52. The van der Waals surface area contributed by atoms with Gasteiger partial charge in [-0.2, -0.15) is 0 Å². The van der Waals surface area contributed by atoms with Gasteiger partial charge in [0.1, 0.15) is 11.9 Å². The topological polar surface area (TPSA) is 96.0 Å². The molecule has 4 unspecified atom stereocenters. The van der Waals surface area contributed by atoms with Crippen molar-refractivity contribution >= 4 is 45.2 Å². The van der Waals surface area contributed by atoms with E-state index in [1.807, 2.05) is 80.6 Å². The molecule has 0 aliphatic heterocycles. The second kappa shape index (κ2) is 14.5. The summed E-state index contributed by atoms with van der Waals surface area (Å²) in [5.74, 6) is 0.117. The molecule has 6 rings (SSSR count). The molecule has 2 aliphatic carbocycles. The first kappa shape index (κ1) is 37.2.